The number of carbonyl (C=O) groups is 1. The Morgan fingerprint density at radius 3 is 2.87 bits per heavy atom. The molecule has 78 valence electrons. The summed E-state index contributed by atoms with van der Waals surface area (Å²) in [4.78, 5) is 15.4. The Kier molecular flexibility index (Phi) is 2.64. The number of para-hydroxylation sites is 1. The number of nitrogens with two attached hydrogens (primary N) is 1. The SMILES string of the molecule is CC1N=CSN1c1ccccc1C(N)=O. The highest BCUT2D eigenvalue weighted by atomic mass is 32.2. The molecule has 15 heavy (non-hydrogen) atoms. The second kappa shape index (κ2) is 3.94. The number of hydrogen-bond acceptors (Lipinski definition) is 4. The van der Waals surface area contributed by atoms with E-state index in [0.29, 0.717) is 5.56 Å². The molecule has 0 aliphatic carbocycles. The summed E-state index contributed by atoms with van der Waals surface area (Å²) in [5, 5.41) is 0. The molecule has 2 N–H and O–H groups in total. The van der Waals surface area contributed by atoms with Gasteiger partial charge in [-0.2, -0.15) is 0 Å². The van der Waals surface area contributed by atoms with Crippen LogP contribution in [0.1, 0.15) is 17.3 Å². The largest absolute Gasteiger partial charge is 0.366 e. The fourth-order valence-corrected chi connectivity index (χ4v) is 2.28. The van der Waals surface area contributed by atoms with Gasteiger partial charge >= 0.3 is 0 Å². The molecule has 1 aliphatic rings. The van der Waals surface area contributed by atoms with Crippen LogP contribution in [0.3, 0.4) is 0 Å². The maximum Gasteiger partial charge on any atom is 0.250 e. The van der Waals surface area contributed by atoms with Crippen LogP contribution in [-0.2, 0) is 0 Å². The lowest BCUT2D eigenvalue weighted by atomic mass is 10.1. The Hall–Kier alpha value is -1.49. The summed E-state index contributed by atoms with van der Waals surface area (Å²) in [6, 6.07) is 7.28. The number of benzene rings is 1. The lowest BCUT2D eigenvalue weighted by molar-refractivity contribution is 0.100. The van der Waals surface area contributed by atoms with Crippen molar-refractivity contribution in [1.29, 1.82) is 0 Å². The molecule has 0 spiro atoms. The molecule has 5 heteroatoms. The minimum Gasteiger partial charge on any atom is -0.366 e. The van der Waals surface area contributed by atoms with Crippen LogP contribution in [0.5, 0.6) is 0 Å². The number of aliphatic imine (C=N–C) groups is 1. The van der Waals surface area contributed by atoms with Gasteiger partial charge in [0.2, 0.25) is 0 Å². The summed E-state index contributed by atoms with van der Waals surface area (Å²) in [5.74, 6) is -0.412. The van der Waals surface area contributed by atoms with E-state index in [0.717, 1.165) is 5.69 Å². The van der Waals surface area contributed by atoms with E-state index in [1.807, 2.05) is 23.4 Å². The van der Waals surface area contributed by atoms with Crippen molar-refractivity contribution in [2.75, 3.05) is 4.31 Å². The molecule has 1 heterocycles. The van der Waals surface area contributed by atoms with E-state index in [9.17, 15) is 4.79 Å². The predicted molar refractivity (Wildman–Crippen MR) is 63.0 cm³/mol. The highest BCUT2D eigenvalue weighted by molar-refractivity contribution is 8.13. The summed E-state index contributed by atoms with van der Waals surface area (Å²) < 4.78 is 1.96. The van der Waals surface area contributed by atoms with E-state index in [1.54, 1.807) is 17.7 Å². The Labute approximate surface area is 92.3 Å². The average molecular weight is 221 g/mol. The molecule has 0 saturated heterocycles. The number of amides is 1. The van der Waals surface area contributed by atoms with Crippen LogP contribution in [0.15, 0.2) is 29.3 Å². The second-order valence-electron chi connectivity index (χ2n) is 3.20. The van der Waals surface area contributed by atoms with Crippen LogP contribution in [0.4, 0.5) is 5.69 Å². The molecule has 1 atom stereocenters. The molecular weight excluding hydrogens is 210 g/mol. The maximum absolute atomic E-state index is 11.2. The van der Waals surface area contributed by atoms with E-state index in [4.69, 9.17) is 5.73 Å². The minimum atomic E-state index is -0.412. The molecule has 1 aromatic rings. The monoisotopic (exact) mass is 221 g/mol. The average Bonchev–Trinajstić information content (AvgIpc) is 2.64. The summed E-state index contributed by atoms with van der Waals surface area (Å²) in [6.07, 6.45) is 0.0375. The van der Waals surface area contributed by atoms with Crippen LogP contribution in [0, 0.1) is 0 Å². The van der Waals surface area contributed by atoms with Crippen molar-refractivity contribution in [2.45, 2.75) is 13.1 Å². The van der Waals surface area contributed by atoms with Crippen LogP contribution < -0.4 is 10.0 Å². The van der Waals surface area contributed by atoms with Gasteiger partial charge in [-0.05, 0) is 19.1 Å². The minimum absolute atomic E-state index is 0.0375. The Bertz CT molecular complexity index is 419. The lowest BCUT2D eigenvalue weighted by Crippen LogP contribution is -2.24. The zero-order chi connectivity index (χ0) is 10.8. The third kappa shape index (κ3) is 1.83. The van der Waals surface area contributed by atoms with Gasteiger partial charge in [-0.3, -0.25) is 14.1 Å². The van der Waals surface area contributed by atoms with Crippen molar-refractivity contribution in [1.82, 2.24) is 0 Å². The standard InChI is InChI=1S/C10H11N3OS/c1-7-12-6-15-13(7)9-5-3-2-4-8(9)10(11)14/h2-7H,1H3,(H2,11,14). The Morgan fingerprint density at radius 2 is 2.27 bits per heavy atom. The third-order valence-electron chi connectivity index (χ3n) is 2.18. The van der Waals surface area contributed by atoms with Crippen LogP contribution >= 0.6 is 11.9 Å². The van der Waals surface area contributed by atoms with Gasteiger partial charge in [0.25, 0.3) is 5.91 Å². The predicted octanol–water partition coefficient (Wildman–Crippen LogP) is 1.63. The van der Waals surface area contributed by atoms with Gasteiger partial charge in [0.05, 0.1) is 16.8 Å². The van der Waals surface area contributed by atoms with E-state index < -0.39 is 5.91 Å². The Balaban J connectivity index is 2.39. The van der Waals surface area contributed by atoms with Crippen LogP contribution in [0.25, 0.3) is 0 Å². The number of nitrogens with zero attached hydrogens (tertiary/aromatic N) is 2. The second-order valence-corrected chi connectivity index (χ2v) is 4.01. The van der Waals surface area contributed by atoms with Gasteiger partial charge in [-0.1, -0.05) is 12.1 Å². The number of hydrogen-bond donors (Lipinski definition) is 1. The maximum atomic E-state index is 11.2. The number of anilines is 1. The Morgan fingerprint density at radius 1 is 1.53 bits per heavy atom. The van der Waals surface area contributed by atoms with E-state index in [-0.39, 0.29) is 6.17 Å². The first kappa shape index (κ1) is 10.0. The highest BCUT2D eigenvalue weighted by Crippen LogP contribution is 2.31. The van der Waals surface area contributed by atoms with Crippen LogP contribution in [0.2, 0.25) is 0 Å². The van der Waals surface area contributed by atoms with E-state index >= 15 is 0 Å². The molecule has 1 unspecified atom stereocenters. The van der Waals surface area contributed by atoms with Crippen molar-refractivity contribution < 1.29 is 4.79 Å². The molecule has 0 aromatic heterocycles. The molecule has 0 saturated carbocycles. The number of rotatable bonds is 2. The quantitative estimate of drug-likeness (QED) is 0.772. The molecule has 0 radical (unpaired) electrons. The molecule has 1 aromatic carbocycles. The van der Waals surface area contributed by atoms with Crippen molar-refractivity contribution >= 4 is 29.1 Å². The van der Waals surface area contributed by atoms with Crippen LogP contribution in [-0.4, -0.2) is 17.6 Å². The number of primary amides is 1. The van der Waals surface area contributed by atoms with Crippen molar-refractivity contribution in [3.05, 3.63) is 29.8 Å². The molecular formula is C10H11N3OS. The first-order chi connectivity index (χ1) is 7.20. The van der Waals surface area contributed by atoms with E-state index in [1.165, 1.54) is 11.9 Å². The van der Waals surface area contributed by atoms with Crippen molar-refractivity contribution in [3.63, 3.8) is 0 Å². The van der Waals surface area contributed by atoms with E-state index in [2.05, 4.69) is 4.99 Å². The van der Waals surface area contributed by atoms with Gasteiger partial charge in [0.1, 0.15) is 6.17 Å². The number of carbonyl (C=O) groups excluding carboxylic acids is 1. The summed E-state index contributed by atoms with van der Waals surface area (Å²) >= 11 is 1.47. The normalized spacial score (nSPS) is 19.5. The smallest absolute Gasteiger partial charge is 0.250 e. The van der Waals surface area contributed by atoms with Crippen molar-refractivity contribution in [2.24, 2.45) is 10.7 Å². The summed E-state index contributed by atoms with van der Waals surface area (Å²) in [5.41, 5.74) is 8.43. The zero-order valence-corrected chi connectivity index (χ0v) is 9.07. The van der Waals surface area contributed by atoms with Gasteiger partial charge in [-0.15, -0.1) is 0 Å². The summed E-state index contributed by atoms with van der Waals surface area (Å²) in [7, 11) is 0. The fraction of sp³-hybridized carbons (Fsp3) is 0.200. The topological polar surface area (TPSA) is 58.7 Å². The zero-order valence-electron chi connectivity index (χ0n) is 8.25. The summed E-state index contributed by atoms with van der Waals surface area (Å²) in [6.45, 7) is 1.97. The third-order valence-corrected chi connectivity index (χ3v) is 3.13. The molecule has 1 aliphatic heterocycles. The first-order valence-electron chi connectivity index (χ1n) is 4.56. The highest BCUT2D eigenvalue weighted by Gasteiger charge is 2.21. The fourth-order valence-electron chi connectivity index (χ4n) is 1.45. The van der Waals surface area contributed by atoms with Gasteiger partial charge in [0.15, 0.2) is 0 Å². The molecule has 0 fully saturated rings. The van der Waals surface area contributed by atoms with Gasteiger partial charge < -0.3 is 5.73 Å². The van der Waals surface area contributed by atoms with Gasteiger partial charge in [-0.25, -0.2) is 0 Å². The molecule has 0 bridgehead atoms. The first-order valence-corrected chi connectivity index (χ1v) is 5.40. The molecule has 1 amide bonds. The van der Waals surface area contributed by atoms with Crippen molar-refractivity contribution in [3.8, 4) is 0 Å². The lowest BCUT2D eigenvalue weighted by Gasteiger charge is -2.22. The molecule has 2 rings (SSSR count). The molecule has 4 nitrogen and oxygen atoms in total. The van der Waals surface area contributed by atoms with Gasteiger partial charge in [0, 0.05) is 11.9 Å².